The van der Waals surface area contributed by atoms with Crippen molar-refractivity contribution in [1.29, 1.82) is 10.5 Å². The van der Waals surface area contributed by atoms with Crippen LogP contribution in [0.4, 0.5) is 8.78 Å². The quantitative estimate of drug-likeness (QED) is 0.642. The maximum atomic E-state index is 15.2. The molecule has 3 heterocycles. The number of carbonyl (C=O) groups excluding carboxylic acids is 1. The van der Waals surface area contributed by atoms with E-state index in [9.17, 15) is 14.4 Å². The summed E-state index contributed by atoms with van der Waals surface area (Å²) in [4.78, 5) is 23.9. The molecule has 1 saturated heterocycles. The molecule has 2 N–H and O–H groups in total. The van der Waals surface area contributed by atoms with E-state index in [-0.39, 0.29) is 34.2 Å². The molecule has 2 fully saturated rings. The summed E-state index contributed by atoms with van der Waals surface area (Å²) in [5, 5.41) is 18.5. The molecule has 1 unspecified atom stereocenters. The first kappa shape index (κ1) is 24.9. The van der Waals surface area contributed by atoms with E-state index < -0.39 is 21.9 Å². The van der Waals surface area contributed by atoms with Crippen LogP contribution < -0.4 is 5.73 Å². The van der Waals surface area contributed by atoms with Gasteiger partial charge in [0.1, 0.15) is 22.5 Å². The fourth-order valence-corrected chi connectivity index (χ4v) is 6.88. The summed E-state index contributed by atoms with van der Waals surface area (Å²) in [6.07, 6.45) is 4.53. The minimum absolute atomic E-state index is 0.0522. The molecule has 1 saturated carbocycles. The minimum atomic E-state index is -1.12. The van der Waals surface area contributed by atoms with Gasteiger partial charge in [0.05, 0.1) is 28.8 Å². The first-order chi connectivity index (χ1) is 17.7. The molecule has 2 aliphatic heterocycles. The number of rotatable bonds is 4. The van der Waals surface area contributed by atoms with Gasteiger partial charge in [-0.05, 0) is 62.1 Å². The van der Waals surface area contributed by atoms with Crippen LogP contribution in [0.1, 0.15) is 48.6 Å². The van der Waals surface area contributed by atoms with Crippen LogP contribution in [0.25, 0.3) is 11.9 Å². The number of piperidine rings is 1. The van der Waals surface area contributed by atoms with E-state index in [2.05, 4.69) is 16.0 Å². The number of carbonyl (C=O) groups is 1. The Kier molecular flexibility index (Phi) is 6.25. The second-order valence-corrected chi connectivity index (χ2v) is 11.2. The number of halogens is 2. The van der Waals surface area contributed by atoms with E-state index in [0.717, 1.165) is 12.8 Å². The molecule has 2 aromatic rings. The molecule has 10 heteroatoms. The summed E-state index contributed by atoms with van der Waals surface area (Å²) in [6.45, 7) is 2.73. The second kappa shape index (κ2) is 9.28. The summed E-state index contributed by atoms with van der Waals surface area (Å²) in [5.41, 5.74) is 6.09. The highest BCUT2D eigenvalue weighted by atomic mass is 32.2. The number of hydrogen-bond acceptors (Lipinski definition) is 7. The topological polar surface area (TPSA) is 119 Å². The zero-order valence-electron chi connectivity index (χ0n) is 20.1. The lowest BCUT2D eigenvalue weighted by Crippen LogP contribution is -2.49. The average molecular weight is 519 g/mol. The molecule has 37 heavy (non-hydrogen) atoms. The van der Waals surface area contributed by atoms with Crippen LogP contribution >= 0.6 is 11.8 Å². The molecular formula is C27H24F2N6OS. The Bertz CT molecular complexity index is 1410. The maximum absolute atomic E-state index is 15.2. The molecule has 0 spiro atoms. The van der Waals surface area contributed by atoms with Crippen LogP contribution in [-0.4, -0.2) is 38.8 Å². The van der Waals surface area contributed by atoms with Crippen molar-refractivity contribution in [2.75, 3.05) is 13.1 Å². The fraction of sp³-hybridized carbons (Fsp3) is 0.370. The Labute approximate surface area is 217 Å². The molecule has 1 aliphatic carbocycles. The molecule has 188 valence electrons. The molecule has 1 amide bonds. The van der Waals surface area contributed by atoms with Crippen molar-refractivity contribution in [1.82, 2.24) is 9.88 Å². The van der Waals surface area contributed by atoms with Gasteiger partial charge in [-0.2, -0.15) is 10.5 Å². The number of aromatic nitrogens is 1. The van der Waals surface area contributed by atoms with Crippen molar-refractivity contribution >= 4 is 34.7 Å². The number of fused-ring (bicyclic) bond motifs is 1. The zero-order chi connectivity index (χ0) is 26.4. The van der Waals surface area contributed by atoms with Gasteiger partial charge in [-0.15, -0.1) is 0 Å². The highest BCUT2D eigenvalue weighted by Crippen LogP contribution is 2.66. The van der Waals surface area contributed by atoms with Crippen LogP contribution in [0.15, 0.2) is 41.5 Å². The summed E-state index contributed by atoms with van der Waals surface area (Å²) in [7, 11) is 0. The molecule has 0 radical (unpaired) electrons. The smallest absolute Gasteiger partial charge is 0.239 e. The third kappa shape index (κ3) is 4.36. The predicted octanol–water partition coefficient (Wildman–Crippen LogP) is 4.36. The number of benzene rings is 1. The van der Waals surface area contributed by atoms with Crippen molar-refractivity contribution < 1.29 is 13.6 Å². The lowest BCUT2D eigenvalue weighted by Gasteiger charge is -2.37. The van der Waals surface area contributed by atoms with E-state index in [1.165, 1.54) is 54.4 Å². The molecule has 5 rings (SSSR count). The standard InChI is InChI=1S/C27H24F2N6OS/c1-26(19-9-16(4-6-20(19)28)10-21(29)22-7-5-17(12-30)14-33-22)23-11-27(23,37-25(32)34-26)24(36)35-8-2-3-18(13-31)15-35/h4-7,9-10,14,18,23H,2-3,8,11,15H2,1H3,(H2,32,34)/b21-10-/t18?,23-,26+,27-/m0/s1. The van der Waals surface area contributed by atoms with E-state index in [1.807, 2.05) is 6.07 Å². The minimum Gasteiger partial charge on any atom is -0.378 e. The van der Waals surface area contributed by atoms with Crippen molar-refractivity contribution in [3.05, 3.63) is 64.7 Å². The summed E-state index contributed by atoms with van der Waals surface area (Å²) >= 11 is 1.22. The second-order valence-electron chi connectivity index (χ2n) is 9.84. The van der Waals surface area contributed by atoms with E-state index >= 15 is 4.39 Å². The average Bonchev–Trinajstić information content (AvgIpc) is 3.66. The van der Waals surface area contributed by atoms with E-state index in [4.69, 9.17) is 11.0 Å². The first-order valence-electron chi connectivity index (χ1n) is 12.0. The van der Waals surface area contributed by atoms with Gasteiger partial charge in [-0.25, -0.2) is 8.78 Å². The summed E-state index contributed by atoms with van der Waals surface area (Å²) in [6, 6.07) is 11.3. The third-order valence-electron chi connectivity index (χ3n) is 7.44. The number of thioether (sulfide) groups is 1. The molecule has 0 bridgehead atoms. The summed E-state index contributed by atoms with van der Waals surface area (Å²) < 4.78 is 29.3. The SMILES string of the molecule is C[C@]1(c2cc(/C=C(\F)c3ccc(C#N)cn3)ccc2F)N=C(N)S[C@@]2(C(=O)N3CCCC(C#N)C3)C[C@H]21. The van der Waals surface area contributed by atoms with Crippen molar-refractivity contribution in [3.8, 4) is 12.1 Å². The molecular weight excluding hydrogens is 494 g/mol. The van der Waals surface area contributed by atoms with Gasteiger partial charge < -0.3 is 10.6 Å². The number of pyridine rings is 1. The fourth-order valence-electron chi connectivity index (χ4n) is 5.43. The number of nitrogens with two attached hydrogens (primary N) is 1. The molecule has 1 aromatic carbocycles. The van der Waals surface area contributed by atoms with E-state index in [0.29, 0.717) is 30.6 Å². The Morgan fingerprint density at radius 2 is 2.14 bits per heavy atom. The van der Waals surface area contributed by atoms with Crippen LogP contribution in [0.2, 0.25) is 0 Å². The molecule has 7 nitrogen and oxygen atoms in total. The number of amidine groups is 1. The van der Waals surface area contributed by atoms with Crippen LogP contribution in [0.5, 0.6) is 0 Å². The summed E-state index contributed by atoms with van der Waals surface area (Å²) in [5.74, 6) is -1.73. The Hall–Kier alpha value is -3.76. The Morgan fingerprint density at radius 3 is 2.84 bits per heavy atom. The van der Waals surface area contributed by atoms with Gasteiger partial charge >= 0.3 is 0 Å². The van der Waals surface area contributed by atoms with Crippen molar-refractivity contribution in [2.45, 2.75) is 36.5 Å². The monoisotopic (exact) mass is 518 g/mol. The largest absolute Gasteiger partial charge is 0.378 e. The number of aliphatic imine (C=N–C) groups is 1. The maximum Gasteiger partial charge on any atom is 0.239 e. The lowest BCUT2D eigenvalue weighted by atomic mass is 9.84. The molecule has 3 aliphatic rings. The van der Waals surface area contributed by atoms with Crippen LogP contribution in [0, 0.1) is 40.3 Å². The van der Waals surface area contributed by atoms with Gasteiger partial charge in [0.2, 0.25) is 5.91 Å². The Morgan fingerprint density at radius 1 is 1.32 bits per heavy atom. The Balaban J connectivity index is 1.46. The molecule has 1 aromatic heterocycles. The van der Waals surface area contributed by atoms with Gasteiger partial charge in [0.25, 0.3) is 0 Å². The number of hydrogen-bond donors (Lipinski definition) is 1. The third-order valence-corrected chi connectivity index (χ3v) is 8.73. The van der Waals surface area contributed by atoms with Gasteiger partial charge in [-0.3, -0.25) is 14.8 Å². The number of likely N-dealkylation sites (tertiary alicyclic amines) is 1. The first-order valence-corrected chi connectivity index (χ1v) is 12.8. The van der Waals surface area contributed by atoms with Crippen LogP contribution in [0.3, 0.4) is 0 Å². The lowest BCUT2D eigenvalue weighted by molar-refractivity contribution is -0.133. The highest BCUT2D eigenvalue weighted by Gasteiger charge is 2.71. The number of nitrogens with zero attached hydrogens (tertiary/aromatic N) is 5. The molecule has 4 atom stereocenters. The van der Waals surface area contributed by atoms with Crippen molar-refractivity contribution in [2.24, 2.45) is 22.6 Å². The number of amides is 1. The highest BCUT2D eigenvalue weighted by molar-refractivity contribution is 8.15. The van der Waals surface area contributed by atoms with Gasteiger partial charge in [-0.1, -0.05) is 17.8 Å². The zero-order valence-corrected chi connectivity index (χ0v) is 20.9. The van der Waals surface area contributed by atoms with Gasteiger partial charge in [0.15, 0.2) is 5.17 Å². The van der Waals surface area contributed by atoms with Crippen molar-refractivity contribution in [3.63, 3.8) is 0 Å². The normalized spacial score (nSPS) is 28.9. The predicted molar refractivity (Wildman–Crippen MR) is 137 cm³/mol. The van der Waals surface area contributed by atoms with Gasteiger partial charge in [0, 0.05) is 30.8 Å². The van der Waals surface area contributed by atoms with Crippen LogP contribution in [-0.2, 0) is 10.3 Å². The van der Waals surface area contributed by atoms with E-state index in [1.54, 1.807) is 11.8 Å². The number of nitriles is 2.